The Balaban J connectivity index is 2.40. The second-order valence-corrected chi connectivity index (χ2v) is 3.97. The van der Waals surface area contributed by atoms with Gasteiger partial charge in [-0.1, -0.05) is 0 Å². The van der Waals surface area contributed by atoms with Crippen molar-refractivity contribution in [1.29, 1.82) is 0 Å². The fourth-order valence-corrected chi connectivity index (χ4v) is 1.40. The van der Waals surface area contributed by atoms with Crippen molar-refractivity contribution in [2.75, 3.05) is 20.2 Å². The maximum absolute atomic E-state index is 9.73. The van der Waals surface area contributed by atoms with E-state index in [1.807, 2.05) is 13.8 Å². The molecule has 11 heavy (non-hydrogen) atoms. The van der Waals surface area contributed by atoms with Crippen molar-refractivity contribution in [2.24, 2.45) is 0 Å². The molecule has 2 N–H and O–H groups in total. The van der Waals surface area contributed by atoms with Gasteiger partial charge in [-0.25, -0.2) is 0 Å². The molecule has 3 nitrogen and oxygen atoms in total. The Morgan fingerprint density at radius 1 is 1.55 bits per heavy atom. The average molecular weight is 159 g/mol. The number of ether oxygens (including phenoxy) is 1. The van der Waals surface area contributed by atoms with E-state index in [1.54, 1.807) is 7.11 Å². The molecule has 1 fully saturated rings. The molecular weight excluding hydrogens is 142 g/mol. The van der Waals surface area contributed by atoms with E-state index in [1.165, 1.54) is 0 Å². The van der Waals surface area contributed by atoms with Gasteiger partial charge in [0.25, 0.3) is 0 Å². The van der Waals surface area contributed by atoms with Gasteiger partial charge in [0.05, 0.1) is 11.2 Å². The smallest absolute Gasteiger partial charge is 0.0922 e. The van der Waals surface area contributed by atoms with E-state index in [2.05, 4.69) is 5.32 Å². The Morgan fingerprint density at radius 3 is 2.36 bits per heavy atom. The summed E-state index contributed by atoms with van der Waals surface area (Å²) in [6.45, 7) is 5.37. The van der Waals surface area contributed by atoms with Crippen LogP contribution in [0.25, 0.3) is 0 Å². The second-order valence-electron chi connectivity index (χ2n) is 3.97. The molecule has 0 aliphatic carbocycles. The van der Waals surface area contributed by atoms with E-state index < -0.39 is 5.60 Å². The van der Waals surface area contributed by atoms with Gasteiger partial charge in [-0.2, -0.15) is 0 Å². The number of hydrogen-bond donors (Lipinski definition) is 2. The quantitative estimate of drug-likeness (QED) is 0.615. The Bertz CT molecular complexity index is 132. The van der Waals surface area contributed by atoms with Crippen LogP contribution in [0.4, 0.5) is 0 Å². The molecule has 0 radical (unpaired) electrons. The predicted octanol–water partition coefficient (Wildman–Crippen LogP) is 0.136. The maximum Gasteiger partial charge on any atom is 0.0922 e. The molecule has 1 aliphatic rings. The first-order chi connectivity index (χ1) is 4.97. The van der Waals surface area contributed by atoms with E-state index in [9.17, 15) is 5.11 Å². The van der Waals surface area contributed by atoms with E-state index in [0.29, 0.717) is 19.5 Å². The average Bonchev–Trinajstić information content (AvgIpc) is 1.84. The number of methoxy groups -OCH3 is 1. The van der Waals surface area contributed by atoms with Crippen molar-refractivity contribution in [3.05, 3.63) is 0 Å². The molecule has 0 saturated carbocycles. The number of nitrogens with one attached hydrogen (secondary N) is 1. The molecule has 0 aromatic rings. The van der Waals surface area contributed by atoms with Gasteiger partial charge in [0.1, 0.15) is 0 Å². The molecule has 0 aromatic carbocycles. The highest BCUT2D eigenvalue weighted by Crippen LogP contribution is 2.25. The number of β-amino-alcohol motifs (C(OH)–C–C–N with tert-alkyl or cyclic N) is 1. The Hall–Kier alpha value is -0.120. The van der Waals surface area contributed by atoms with Crippen LogP contribution in [0.2, 0.25) is 0 Å². The summed E-state index contributed by atoms with van der Waals surface area (Å²) in [5.41, 5.74) is -0.740. The van der Waals surface area contributed by atoms with Crippen molar-refractivity contribution < 1.29 is 9.84 Å². The van der Waals surface area contributed by atoms with E-state index >= 15 is 0 Å². The lowest BCUT2D eigenvalue weighted by molar-refractivity contribution is -0.0903. The van der Waals surface area contributed by atoms with Crippen LogP contribution in [0.5, 0.6) is 0 Å². The lowest BCUT2D eigenvalue weighted by Crippen LogP contribution is -2.62. The SMILES string of the molecule is COC(C)(C)CC1(O)CNC1. The standard InChI is InChI=1S/C8H17NO2/c1-7(2,11-3)4-8(10)5-9-6-8/h9-10H,4-6H2,1-3H3. The van der Waals surface area contributed by atoms with Crippen LogP contribution in [0.3, 0.4) is 0 Å². The van der Waals surface area contributed by atoms with Crippen molar-refractivity contribution in [3.8, 4) is 0 Å². The molecule has 0 amide bonds. The van der Waals surface area contributed by atoms with Gasteiger partial charge in [0.2, 0.25) is 0 Å². The lowest BCUT2D eigenvalue weighted by atomic mass is 9.85. The van der Waals surface area contributed by atoms with E-state index in [0.717, 1.165) is 0 Å². The molecule has 0 unspecified atom stereocenters. The van der Waals surface area contributed by atoms with Crippen LogP contribution < -0.4 is 5.32 Å². The molecular formula is C8H17NO2. The summed E-state index contributed by atoms with van der Waals surface area (Å²) in [6, 6.07) is 0. The zero-order valence-electron chi connectivity index (χ0n) is 7.48. The highest BCUT2D eigenvalue weighted by molar-refractivity contribution is 4.96. The van der Waals surface area contributed by atoms with Gasteiger partial charge in [-0.05, 0) is 13.8 Å². The molecule has 1 rings (SSSR count). The van der Waals surface area contributed by atoms with Gasteiger partial charge in [0, 0.05) is 26.6 Å². The maximum atomic E-state index is 9.73. The first-order valence-corrected chi connectivity index (χ1v) is 3.96. The molecule has 3 heteroatoms. The van der Waals surface area contributed by atoms with Crippen LogP contribution in [0.1, 0.15) is 20.3 Å². The Labute approximate surface area is 67.7 Å². The molecule has 1 aliphatic heterocycles. The minimum Gasteiger partial charge on any atom is -0.387 e. The molecule has 0 aromatic heterocycles. The third-order valence-electron chi connectivity index (χ3n) is 2.22. The first-order valence-electron chi connectivity index (χ1n) is 3.96. The minimum atomic E-state index is -0.528. The van der Waals surface area contributed by atoms with Crippen molar-refractivity contribution >= 4 is 0 Å². The van der Waals surface area contributed by atoms with Crippen LogP contribution in [0.15, 0.2) is 0 Å². The minimum absolute atomic E-state index is 0.211. The normalized spacial score (nSPS) is 22.9. The Morgan fingerprint density at radius 2 is 2.09 bits per heavy atom. The van der Waals surface area contributed by atoms with Crippen molar-refractivity contribution in [2.45, 2.75) is 31.5 Å². The number of aliphatic hydroxyl groups is 1. The molecule has 0 spiro atoms. The fraction of sp³-hybridized carbons (Fsp3) is 1.00. The highest BCUT2D eigenvalue weighted by atomic mass is 16.5. The molecule has 0 bridgehead atoms. The van der Waals surface area contributed by atoms with Crippen molar-refractivity contribution in [3.63, 3.8) is 0 Å². The third kappa shape index (κ3) is 2.15. The molecule has 1 saturated heterocycles. The summed E-state index contributed by atoms with van der Waals surface area (Å²) in [6.07, 6.45) is 0.698. The zero-order chi connectivity index (χ0) is 8.54. The largest absolute Gasteiger partial charge is 0.387 e. The van der Waals surface area contributed by atoms with Crippen LogP contribution in [-0.2, 0) is 4.74 Å². The summed E-state index contributed by atoms with van der Waals surface area (Å²) in [5.74, 6) is 0. The van der Waals surface area contributed by atoms with Crippen LogP contribution >= 0.6 is 0 Å². The summed E-state index contributed by atoms with van der Waals surface area (Å²) in [4.78, 5) is 0. The topological polar surface area (TPSA) is 41.5 Å². The summed E-state index contributed by atoms with van der Waals surface area (Å²) >= 11 is 0. The molecule has 0 atom stereocenters. The van der Waals surface area contributed by atoms with Gasteiger partial charge < -0.3 is 15.2 Å². The Kier molecular flexibility index (Phi) is 2.23. The fourth-order valence-electron chi connectivity index (χ4n) is 1.40. The number of hydrogen-bond acceptors (Lipinski definition) is 3. The number of rotatable bonds is 3. The van der Waals surface area contributed by atoms with Gasteiger partial charge in [-0.3, -0.25) is 0 Å². The van der Waals surface area contributed by atoms with Crippen LogP contribution in [-0.4, -0.2) is 36.5 Å². The van der Waals surface area contributed by atoms with Crippen LogP contribution in [0, 0.1) is 0 Å². The zero-order valence-corrected chi connectivity index (χ0v) is 7.48. The second kappa shape index (κ2) is 2.73. The first kappa shape index (κ1) is 8.97. The van der Waals surface area contributed by atoms with E-state index in [-0.39, 0.29) is 5.60 Å². The van der Waals surface area contributed by atoms with Gasteiger partial charge >= 0.3 is 0 Å². The lowest BCUT2D eigenvalue weighted by Gasteiger charge is -2.42. The third-order valence-corrected chi connectivity index (χ3v) is 2.22. The van der Waals surface area contributed by atoms with Gasteiger partial charge in [0.15, 0.2) is 0 Å². The summed E-state index contributed by atoms with van der Waals surface area (Å²) < 4.78 is 5.22. The molecule has 66 valence electrons. The van der Waals surface area contributed by atoms with Crippen molar-refractivity contribution in [1.82, 2.24) is 5.32 Å². The molecule has 1 heterocycles. The van der Waals surface area contributed by atoms with E-state index in [4.69, 9.17) is 4.74 Å². The predicted molar refractivity (Wildman–Crippen MR) is 43.5 cm³/mol. The monoisotopic (exact) mass is 159 g/mol. The van der Waals surface area contributed by atoms with Gasteiger partial charge in [-0.15, -0.1) is 0 Å². The highest BCUT2D eigenvalue weighted by Gasteiger charge is 2.39. The summed E-state index contributed by atoms with van der Waals surface area (Å²) in [7, 11) is 1.68. The summed E-state index contributed by atoms with van der Waals surface area (Å²) in [5, 5.41) is 12.8.